The highest BCUT2D eigenvalue weighted by atomic mass is 14.8. The fourth-order valence-electron chi connectivity index (χ4n) is 6.02. The quantitative estimate of drug-likeness (QED) is 0.542. The maximum atomic E-state index is 2.56. The van der Waals surface area contributed by atoms with Crippen LogP contribution in [-0.2, 0) is 0 Å². The molecular formula is C19H38. The Morgan fingerprint density at radius 2 is 0.632 bits per heavy atom. The van der Waals surface area contributed by atoms with Crippen LogP contribution >= 0.6 is 0 Å². The molecule has 0 bridgehead atoms. The normalized spacial score (nSPS) is 40.1. The molecule has 2 unspecified atom stereocenters. The zero-order valence-corrected chi connectivity index (χ0v) is 15.7. The van der Waals surface area contributed by atoms with Gasteiger partial charge in [-0.1, -0.05) is 83.1 Å². The Hall–Kier alpha value is 0. The minimum absolute atomic E-state index is 0.316. The van der Waals surface area contributed by atoms with Crippen molar-refractivity contribution in [3.8, 4) is 0 Å². The standard InChI is InChI=1S/C19H38/c1-13(2)18(11)16(7,8)15(5,6)17(9,10)19(18,12)14(3)4/h13-14H,1-12H3. The van der Waals surface area contributed by atoms with Gasteiger partial charge in [-0.3, -0.25) is 0 Å². The van der Waals surface area contributed by atoms with E-state index in [-0.39, 0.29) is 0 Å². The van der Waals surface area contributed by atoms with Gasteiger partial charge in [0.1, 0.15) is 0 Å². The van der Waals surface area contributed by atoms with Crippen molar-refractivity contribution in [3.05, 3.63) is 0 Å². The third kappa shape index (κ3) is 1.42. The average molecular weight is 267 g/mol. The molecule has 1 aliphatic rings. The predicted octanol–water partition coefficient (Wildman–Crippen LogP) is 6.40. The zero-order valence-electron chi connectivity index (χ0n) is 15.7. The van der Waals surface area contributed by atoms with Crippen molar-refractivity contribution in [2.24, 2.45) is 38.9 Å². The number of rotatable bonds is 2. The smallest absolute Gasteiger partial charge is 0.0185 e. The van der Waals surface area contributed by atoms with Gasteiger partial charge in [0.2, 0.25) is 0 Å². The van der Waals surface area contributed by atoms with E-state index in [1.807, 2.05) is 0 Å². The van der Waals surface area contributed by atoms with Gasteiger partial charge in [0.15, 0.2) is 0 Å². The molecule has 1 rings (SSSR count). The van der Waals surface area contributed by atoms with Crippen molar-refractivity contribution < 1.29 is 0 Å². The molecule has 0 N–H and O–H groups in total. The molecule has 0 radical (unpaired) electrons. The summed E-state index contributed by atoms with van der Waals surface area (Å²) in [6.45, 7) is 29.9. The second kappa shape index (κ2) is 4.01. The van der Waals surface area contributed by atoms with Crippen LogP contribution in [0, 0.1) is 38.9 Å². The molecule has 114 valence electrons. The Bertz CT molecular complexity index is 322. The molecule has 2 atom stereocenters. The minimum Gasteiger partial charge on any atom is -0.0622 e. The maximum absolute atomic E-state index is 2.56. The predicted molar refractivity (Wildman–Crippen MR) is 87.2 cm³/mol. The highest BCUT2D eigenvalue weighted by Gasteiger charge is 2.75. The molecule has 0 aromatic carbocycles. The minimum atomic E-state index is 0.316. The summed E-state index contributed by atoms with van der Waals surface area (Å²) in [5.41, 5.74) is 1.62. The molecule has 0 aromatic rings. The number of hydrogen-bond acceptors (Lipinski definition) is 0. The van der Waals surface area contributed by atoms with Gasteiger partial charge in [0, 0.05) is 0 Å². The van der Waals surface area contributed by atoms with Crippen molar-refractivity contribution in [1.29, 1.82) is 0 Å². The van der Waals surface area contributed by atoms with Crippen molar-refractivity contribution in [1.82, 2.24) is 0 Å². The van der Waals surface area contributed by atoms with Gasteiger partial charge in [-0.15, -0.1) is 0 Å². The Balaban J connectivity index is 3.79. The van der Waals surface area contributed by atoms with Crippen LogP contribution in [-0.4, -0.2) is 0 Å². The molecule has 19 heavy (non-hydrogen) atoms. The molecule has 0 spiro atoms. The number of hydrogen-bond donors (Lipinski definition) is 0. The monoisotopic (exact) mass is 266 g/mol. The summed E-state index contributed by atoms with van der Waals surface area (Å²) in [7, 11) is 0. The third-order valence-corrected chi connectivity index (χ3v) is 9.11. The largest absolute Gasteiger partial charge is 0.0622 e. The zero-order chi connectivity index (χ0) is 15.7. The van der Waals surface area contributed by atoms with Crippen molar-refractivity contribution in [2.45, 2.75) is 83.1 Å². The van der Waals surface area contributed by atoms with Crippen LogP contribution in [0.1, 0.15) is 83.1 Å². The Labute approximate surface area is 122 Å². The summed E-state index contributed by atoms with van der Waals surface area (Å²) in [6, 6.07) is 0. The Kier molecular flexibility index (Phi) is 3.60. The van der Waals surface area contributed by atoms with E-state index in [9.17, 15) is 0 Å². The van der Waals surface area contributed by atoms with Gasteiger partial charge in [0.05, 0.1) is 0 Å². The molecule has 0 aromatic heterocycles. The van der Waals surface area contributed by atoms with E-state index in [2.05, 4.69) is 83.1 Å². The molecule has 0 amide bonds. The van der Waals surface area contributed by atoms with Crippen molar-refractivity contribution >= 4 is 0 Å². The van der Waals surface area contributed by atoms with Crippen LogP contribution in [0.15, 0.2) is 0 Å². The first-order valence-electron chi connectivity index (χ1n) is 8.14. The highest BCUT2D eigenvalue weighted by molar-refractivity contribution is 5.23. The van der Waals surface area contributed by atoms with Gasteiger partial charge in [-0.2, -0.15) is 0 Å². The first-order chi connectivity index (χ1) is 8.14. The summed E-state index contributed by atoms with van der Waals surface area (Å²) in [5.74, 6) is 1.38. The average Bonchev–Trinajstić information content (AvgIpc) is 2.29. The topological polar surface area (TPSA) is 0 Å². The van der Waals surface area contributed by atoms with Crippen LogP contribution in [0.2, 0.25) is 0 Å². The summed E-state index contributed by atoms with van der Waals surface area (Å²) >= 11 is 0. The second-order valence-corrected chi connectivity index (χ2v) is 9.59. The highest BCUT2D eigenvalue weighted by Crippen LogP contribution is 2.81. The summed E-state index contributed by atoms with van der Waals surface area (Å²) < 4.78 is 0. The fourth-order valence-corrected chi connectivity index (χ4v) is 6.02. The van der Waals surface area contributed by atoms with E-state index in [0.29, 0.717) is 38.9 Å². The van der Waals surface area contributed by atoms with Gasteiger partial charge in [-0.25, -0.2) is 0 Å². The summed E-state index contributed by atoms with van der Waals surface area (Å²) in [6.07, 6.45) is 0. The lowest BCUT2D eigenvalue weighted by Gasteiger charge is -2.57. The van der Waals surface area contributed by atoms with Crippen LogP contribution in [0.4, 0.5) is 0 Å². The molecule has 1 fully saturated rings. The van der Waals surface area contributed by atoms with Crippen LogP contribution < -0.4 is 0 Å². The lowest BCUT2D eigenvalue weighted by molar-refractivity contribution is -0.0907. The van der Waals surface area contributed by atoms with Crippen molar-refractivity contribution in [2.75, 3.05) is 0 Å². The molecule has 0 heterocycles. The molecule has 1 saturated carbocycles. The molecule has 0 saturated heterocycles. The van der Waals surface area contributed by atoms with E-state index in [0.717, 1.165) is 0 Å². The lowest BCUT2D eigenvalue weighted by atomic mass is 9.48. The lowest BCUT2D eigenvalue weighted by Crippen LogP contribution is -2.51. The van der Waals surface area contributed by atoms with E-state index in [4.69, 9.17) is 0 Å². The molecule has 1 aliphatic carbocycles. The van der Waals surface area contributed by atoms with Gasteiger partial charge < -0.3 is 0 Å². The van der Waals surface area contributed by atoms with Gasteiger partial charge in [0.25, 0.3) is 0 Å². The van der Waals surface area contributed by atoms with Gasteiger partial charge >= 0.3 is 0 Å². The molecular weight excluding hydrogens is 228 g/mol. The Morgan fingerprint density at radius 3 is 0.789 bits per heavy atom. The van der Waals surface area contributed by atoms with Crippen molar-refractivity contribution in [3.63, 3.8) is 0 Å². The third-order valence-electron chi connectivity index (χ3n) is 9.11. The van der Waals surface area contributed by atoms with Crippen LogP contribution in [0.25, 0.3) is 0 Å². The van der Waals surface area contributed by atoms with Crippen LogP contribution in [0.5, 0.6) is 0 Å². The summed E-state index contributed by atoms with van der Waals surface area (Å²) in [5, 5.41) is 0. The van der Waals surface area contributed by atoms with E-state index < -0.39 is 0 Å². The SMILES string of the molecule is CC(C)C1(C)C(C)(C)C(C)(C)C(C)(C)C1(C)C(C)C. The van der Waals surface area contributed by atoms with Crippen LogP contribution in [0.3, 0.4) is 0 Å². The molecule has 0 aliphatic heterocycles. The first kappa shape index (κ1) is 17.1. The fraction of sp³-hybridized carbons (Fsp3) is 1.00. The van der Waals surface area contributed by atoms with Gasteiger partial charge in [-0.05, 0) is 38.9 Å². The summed E-state index contributed by atoms with van der Waals surface area (Å²) in [4.78, 5) is 0. The maximum Gasteiger partial charge on any atom is -0.0185 e. The molecule has 0 nitrogen and oxygen atoms in total. The first-order valence-corrected chi connectivity index (χ1v) is 8.14. The second-order valence-electron chi connectivity index (χ2n) is 9.59. The van der Waals surface area contributed by atoms with E-state index in [1.165, 1.54) is 0 Å². The Morgan fingerprint density at radius 1 is 0.421 bits per heavy atom. The van der Waals surface area contributed by atoms with E-state index in [1.54, 1.807) is 0 Å². The van der Waals surface area contributed by atoms with E-state index >= 15 is 0 Å². The molecule has 0 heteroatoms.